The molecular formula is C11H11Br2N3O4. The van der Waals surface area contributed by atoms with Crippen molar-refractivity contribution >= 4 is 55.5 Å². The molecule has 1 aromatic rings. The van der Waals surface area contributed by atoms with Crippen LogP contribution in [0.2, 0.25) is 0 Å². The van der Waals surface area contributed by atoms with E-state index in [2.05, 4.69) is 42.5 Å². The molecule has 0 aromatic heterocycles. The number of carbonyl (C=O) groups excluding carboxylic acids is 2. The monoisotopic (exact) mass is 407 g/mol. The van der Waals surface area contributed by atoms with Crippen molar-refractivity contribution in [3.8, 4) is 0 Å². The predicted molar refractivity (Wildman–Crippen MR) is 79.2 cm³/mol. The largest absolute Gasteiger partial charge is 0.480 e. The van der Waals surface area contributed by atoms with Crippen molar-refractivity contribution in [2.24, 2.45) is 5.73 Å². The number of carboxylic acids is 1. The molecule has 108 valence electrons. The summed E-state index contributed by atoms with van der Waals surface area (Å²) in [5.74, 6) is -2.16. The molecule has 0 aliphatic carbocycles. The molecule has 5 N–H and O–H groups in total. The van der Waals surface area contributed by atoms with Crippen LogP contribution in [0.5, 0.6) is 0 Å². The predicted octanol–water partition coefficient (Wildman–Crippen LogP) is 1.66. The summed E-state index contributed by atoms with van der Waals surface area (Å²) in [7, 11) is 0. The third-order valence-electron chi connectivity index (χ3n) is 2.21. The number of para-hydroxylation sites is 1. The van der Waals surface area contributed by atoms with Crippen molar-refractivity contribution < 1.29 is 19.5 Å². The number of primary amides is 1. The zero-order valence-electron chi connectivity index (χ0n) is 10.0. The van der Waals surface area contributed by atoms with E-state index in [0.29, 0.717) is 14.6 Å². The molecule has 0 radical (unpaired) electrons. The minimum Gasteiger partial charge on any atom is -0.480 e. The highest BCUT2D eigenvalue weighted by atomic mass is 79.9. The van der Waals surface area contributed by atoms with Gasteiger partial charge in [-0.05, 0) is 44.0 Å². The van der Waals surface area contributed by atoms with Gasteiger partial charge in [0, 0.05) is 8.95 Å². The molecule has 0 aliphatic rings. The fourth-order valence-electron chi connectivity index (χ4n) is 1.33. The highest BCUT2D eigenvalue weighted by Gasteiger charge is 2.22. The molecule has 7 nitrogen and oxygen atoms in total. The topological polar surface area (TPSA) is 122 Å². The van der Waals surface area contributed by atoms with Gasteiger partial charge >= 0.3 is 12.0 Å². The first-order chi connectivity index (χ1) is 9.31. The Morgan fingerprint density at radius 2 is 1.80 bits per heavy atom. The number of nitrogens with two attached hydrogens (primary N) is 1. The van der Waals surface area contributed by atoms with Crippen LogP contribution in [-0.4, -0.2) is 29.1 Å². The van der Waals surface area contributed by atoms with Crippen LogP contribution in [0.4, 0.5) is 10.5 Å². The smallest absolute Gasteiger partial charge is 0.326 e. The number of carboxylic acid groups (broad SMARTS) is 1. The molecule has 0 fully saturated rings. The van der Waals surface area contributed by atoms with Crippen molar-refractivity contribution in [2.45, 2.75) is 12.5 Å². The fraction of sp³-hybridized carbons (Fsp3) is 0.182. The molecule has 0 bridgehead atoms. The summed E-state index contributed by atoms with van der Waals surface area (Å²) in [6, 6.07) is 3.03. The van der Waals surface area contributed by atoms with Gasteiger partial charge < -0.3 is 21.5 Å². The minimum absolute atomic E-state index is 0.438. The number of anilines is 1. The highest BCUT2D eigenvalue weighted by molar-refractivity contribution is 9.11. The number of aliphatic carboxylic acids is 1. The standard InChI is InChI=1S/C11H11Br2N3O4/c12-5-2-1-3-6(13)9(5)16-11(20)15-7(10(18)19)4-8(14)17/h1-3,7H,4H2,(H2,14,17)(H,18,19)(H2,15,16,20)/t7-/m1/s1. The number of urea groups is 1. The number of rotatable bonds is 5. The van der Waals surface area contributed by atoms with Gasteiger partial charge in [0.2, 0.25) is 5.91 Å². The number of halogens is 2. The van der Waals surface area contributed by atoms with Gasteiger partial charge in [-0.2, -0.15) is 0 Å². The van der Waals surface area contributed by atoms with Crippen LogP contribution in [0.25, 0.3) is 0 Å². The molecular weight excluding hydrogens is 398 g/mol. The molecule has 1 aromatic carbocycles. The van der Waals surface area contributed by atoms with E-state index in [4.69, 9.17) is 10.8 Å². The lowest BCUT2D eigenvalue weighted by atomic mass is 10.2. The summed E-state index contributed by atoms with van der Waals surface area (Å²) in [6.07, 6.45) is -0.486. The Balaban J connectivity index is 2.76. The lowest BCUT2D eigenvalue weighted by Crippen LogP contribution is -2.45. The Kier molecular flexibility index (Phi) is 5.96. The van der Waals surface area contributed by atoms with Gasteiger partial charge in [0.25, 0.3) is 0 Å². The summed E-state index contributed by atoms with van der Waals surface area (Å²) >= 11 is 6.50. The fourth-order valence-corrected chi connectivity index (χ4v) is 2.52. The van der Waals surface area contributed by atoms with Crippen molar-refractivity contribution in [3.63, 3.8) is 0 Å². The van der Waals surface area contributed by atoms with Gasteiger partial charge in [0.05, 0.1) is 12.1 Å². The van der Waals surface area contributed by atoms with E-state index in [0.717, 1.165) is 0 Å². The Hall–Kier alpha value is -1.61. The second-order valence-corrected chi connectivity index (χ2v) is 5.47. The lowest BCUT2D eigenvalue weighted by molar-refractivity contribution is -0.140. The van der Waals surface area contributed by atoms with Gasteiger partial charge in [-0.3, -0.25) is 4.79 Å². The maximum atomic E-state index is 11.7. The van der Waals surface area contributed by atoms with Crippen LogP contribution in [0.15, 0.2) is 27.1 Å². The second kappa shape index (κ2) is 7.25. The Bertz CT molecular complexity index is 530. The summed E-state index contributed by atoms with van der Waals surface area (Å²) in [6.45, 7) is 0. The van der Waals surface area contributed by atoms with Gasteiger partial charge in [-0.1, -0.05) is 6.07 Å². The van der Waals surface area contributed by atoms with Gasteiger partial charge in [0.1, 0.15) is 6.04 Å². The molecule has 0 heterocycles. The quantitative estimate of drug-likeness (QED) is 0.591. The van der Waals surface area contributed by atoms with Gasteiger partial charge in [-0.25, -0.2) is 9.59 Å². The second-order valence-electron chi connectivity index (χ2n) is 3.76. The average molecular weight is 409 g/mol. The van der Waals surface area contributed by atoms with E-state index in [1.54, 1.807) is 18.2 Å². The zero-order chi connectivity index (χ0) is 15.3. The van der Waals surface area contributed by atoms with E-state index < -0.39 is 30.4 Å². The molecule has 1 rings (SSSR count). The third-order valence-corrected chi connectivity index (χ3v) is 3.53. The Labute approximate surface area is 131 Å². The van der Waals surface area contributed by atoms with Crippen molar-refractivity contribution in [1.29, 1.82) is 0 Å². The summed E-state index contributed by atoms with van der Waals surface area (Å²) < 4.78 is 1.23. The van der Waals surface area contributed by atoms with Crippen molar-refractivity contribution in [3.05, 3.63) is 27.1 Å². The number of nitrogens with one attached hydrogen (secondary N) is 2. The van der Waals surface area contributed by atoms with Gasteiger partial charge in [0.15, 0.2) is 0 Å². The lowest BCUT2D eigenvalue weighted by Gasteiger charge is -2.15. The van der Waals surface area contributed by atoms with Crippen LogP contribution >= 0.6 is 31.9 Å². The van der Waals surface area contributed by atoms with E-state index in [1.807, 2.05) is 0 Å². The number of hydrogen-bond donors (Lipinski definition) is 4. The molecule has 1 atom stereocenters. The number of hydrogen-bond acceptors (Lipinski definition) is 3. The van der Waals surface area contributed by atoms with E-state index >= 15 is 0 Å². The molecule has 0 aliphatic heterocycles. The SMILES string of the molecule is NC(=O)C[C@@H](NC(=O)Nc1c(Br)cccc1Br)C(=O)O. The van der Waals surface area contributed by atoms with E-state index in [9.17, 15) is 14.4 Å². The first kappa shape index (κ1) is 16.4. The Morgan fingerprint density at radius 3 is 2.25 bits per heavy atom. The molecule has 20 heavy (non-hydrogen) atoms. The first-order valence-electron chi connectivity index (χ1n) is 5.34. The summed E-state index contributed by atoms with van der Waals surface area (Å²) in [5.41, 5.74) is 5.36. The van der Waals surface area contributed by atoms with Crippen LogP contribution in [0.1, 0.15) is 6.42 Å². The maximum Gasteiger partial charge on any atom is 0.326 e. The van der Waals surface area contributed by atoms with Crippen LogP contribution < -0.4 is 16.4 Å². The first-order valence-corrected chi connectivity index (χ1v) is 6.92. The van der Waals surface area contributed by atoms with E-state index in [1.165, 1.54) is 0 Å². The van der Waals surface area contributed by atoms with Crippen LogP contribution in [0.3, 0.4) is 0 Å². The molecule has 0 spiro atoms. The van der Waals surface area contributed by atoms with E-state index in [-0.39, 0.29) is 0 Å². The Morgan fingerprint density at radius 1 is 1.25 bits per heavy atom. The van der Waals surface area contributed by atoms with Gasteiger partial charge in [-0.15, -0.1) is 0 Å². The van der Waals surface area contributed by atoms with Crippen molar-refractivity contribution in [2.75, 3.05) is 5.32 Å². The minimum atomic E-state index is -1.38. The van der Waals surface area contributed by atoms with Crippen molar-refractivity contribution in [1.82, 2.24) is 5.32 Å². The molecule has 3 amide bonds. The number of benzene rings is 1. The number of amides is 3. The maximum absolute atomic E-state index is 11.7. The number of carbonyl (C=O) groups is 3. The molecule has 0 unspecified atom stereocenters. The zero-order valence-corrected chi connectivity index (χ0v) is 13.2. The third kappa shape index (κ3) is 4.82. The van der Waals surface area contributed by atoms with Crippen LogP contribution in [-0.2, 0) is 9.59 Å². The highest BCUT2D eigenvalue weighted by Crippen LogP contribution is 2.30. The molecule has 9 heteroatoms. The van der Waals surface area contributed by atoms with Crippen LogP contribution in [0, 0.1) is 0 Å². The average Bonchev–Trinajstić information content (AvgIpc) is 2.32. The summed E-state index contributed by atoms with van der Waals surface area (Å²) in [4.78, 5) is 33.4. The molecule has 0 saturated heterocycles. The normalized spacial score (nSPS) is 11.5. The summed E-state index contributed by atoms with van der Waals surface area (Å²) in [5, 5.41) is 13.5. The molecule has 0 saturated carbocycles.